The minimum absolute atomic E-state index is 0.0278. The van der Waals surface area contributed by atoms with Crippen molar-refractivity contribution in [1.29, 1.82) is 0 Å². The van der Waals surface area contributed by atoms with Gasteiger partial charge in [0.2, 0.25) is 0 Å². The maximum Gasteiger partial charge on any atom is 0.336 e. The zero-order chi connectivity index (χ0) is 17.9. The molecule has 2 aromatic carbocycles. The fraction of sp³-hybridized carbons (Fsp3) is 0.111. The lowest BCUT2D eigenvalue weighted by molar-refractivity contribution is 0.0692. The highest BCUT2D eigenvalue weighted by Crippen LogP contribution is 2.32. The van der Waals surface area contributed by atoms with Crippen molar-refractivity contribution in [2.45, 2.75) is 12.8 Å². The molecule has 0 unspecified atom stereocenters. The first kappa shape index (κ1) is 17.6. The van der Waals surface area contributed by atoms with E-state index in [9.17, 15) is 24.9 Å². The minimum Gasteiger partial charge on any atom is -0.508 e. The Morgan fingerprint density at radius 3 is 2.46 bits per heavy atom. The van der Waals surface area contributed by atoms with Crippen LogP contribution in [0.3, 0.4) is 0 Å². The van der Waals surface area contributed by atoms with E-state index in [1.807, 2.05) is 0 Å². The van der Waals surface area contributed by atoms with Crippen LogP contribution in [0.1, 0.15) is 38.3 Å². The van der Waals surface area contributed by atoms with Gasteiger partial charge in [-0.15, -0.1) is 6.58 Å². The van der Waals surface area contributed by atoms with E-state index in [0.29, 0.717) is 18.4 Å². The second kappa shape index (κ2) is 7.19. The zero-order valence-corrected chi connectivity index (χ0v) is 13.4. The first-order valence-corrected chi connectivity index (χ1v) is 7.46. The van der Waals surface area contributed by atoms with Crippen molar-refractivity contribution in [3.63, 3.8) is 0 Å². The molecule has 0 saturated carbocycles. The third kappa shape index (κ3) is 3.41. The van der Waals surface area contributed by atoms with Gasteiger partial charge >= 0.3 is 5.97 Å². The number of hydrogen-bond acceptors (Lipinski definition) is 4. The molecule has 124 valence electrons. The molecule has 5 nitrogen and oxygen atoms in total. The lowest BCUT2D eigenvalue weighted by atomic mass is 9.95. The Kier molecular flexibility index (Phi) is 5.26. The summed E-state index contributed by atoms with van der Waals surface area (Å²) in [5, 5.41) is 29.1. The molecule has 0 aromatic heterocycles. The van der Waals surface area contributed by atoms with Crippen LogP contribution in [0.25, 0.3) is 0 Å². The Hall–Kier alpha value is -2.79. The number of rotatable bonds is 6. The van der Waals surface area contributed by atoms with Crippen LogP contribution in [0.2, 0.25) is 5.02 Å². The highest BCUT2D eigenvalue weighted by molar-refractivity contribution is 6.36. The number of phenolic OH excluding ortho intramolecular Hbond substituents is 2. The summed E-state index contributed by atoms with van der Waals surface area (Å²) in [7, 11) is 0. The van der Waals surface area contributed by atoms with E-state index >= 15 is 0 Å². The number of ketones is 1. The number of halogens is 1. The summed E-state index contributed by atoms with van der Waals surface area (Å²) in [6.45, 7) is 3.59. The molecule has 6 heteroatoms. The maximum absolute atomic E-state index is 12.7. The molecule has 0 bridgehead atoms. The number of carbonyl (C=O) groups is 2. The van der Waals surface area contributed by atoms with Gasteiger partial charge in [0.25, 0.3) is 0 Å². The fourth-order valence-electron chi connectivity index (χ4n) is 2.33. The van der Waals surface area contributed by atoms with E-state index in [1.54, 1.807) is 6.08 Å². The molecule has 0 atom stereocenters. The van der Waals surface area contributed by atoms with Gasteiger partial charge in [-0.2, -0.15) is 0 Å². The summed E-state index contributed by atoms with van der Waals surface area (Å²) >= 11 is 6.00. The summed E-state index contributed by atoms with van der Waals surface area (Å²) < 4.78 is 0. The predicted molar refractivity (Wildman–Crippen MR) is 90.1 cm³/mol. The van der Waals surface area contributed by atoms with E-state index < -0.39 is 17.5 Å². The Bertz CT molecular complexity index is 826. The van der Waals surface area contributed by atoms with Gasteiger partial charge in [-0.3, -0.25) is 4.79 Å². The van der Waals surface area contributed by atoms with Gasteiger partial charge in [0, 0.05) is 6.07 Å². The molecule has 0 fully saturated rings. The van der Waals surface area contributed by atoms with Crippen molar-refractivity contribution < 1.29 is 24.9 Å². The van der Waals surface area contributed by atoms with Crippen LogP contribution in [-0.2, 0) is 6.42 Å². The molecule has 0 spiro atoms. The lowest BCUT2D eigenvalue weighted by Gasteiger charge is -2.11. The predicted octanol–water partition coefficient (Wildman–Crippen LogP) is 3.80. The van der Waals surface area contributed by atoms with Gasteiger partial charge in [0.05, 0.1) is 21.7 Å². The number of carbonyl (C=O) groups excluding carboxylic acids is 1. The Morgan fingerprint density at radius 2 is 1.83 bits per heavy atom. The first-order valence-electron chi connectivity index (χ1n) is 7.09. The van der Waals surface area contributed by atoms with Crippen LogP contribution >= 0.6 is 11.6 Å². The Morgan fingerprint density at radius 1 is 1.12 bits per heavy atom. The number of allylic oxidation sites excluding steroid dienone is 1. The summed E-state index contributed by atoms with van der Waals surface area (Å²) in [6.07, 6.45) is 2.65. The zero-order valence-electron chi connectivity index (χ0n) is 12.6. The molecule has 0 aliphatic heterocycles. The first-order chi connectivity index (χ1) is 11.4. The molecule has 0 heterocycles. The molecule has 0 aliphatic carbocycles. The highest BCUT2D eigenvalue weighted by atomic mass is 35.5. The van der Waals surface area contributed by atoms with Gasteiger partial charge in [-0.05, 0) is 36.6 Å². The van der Waals surface area contributed by atoms with Crippen LogP contribution in [0.5, 0.6) is 11.5 Å². The van der Waals surface area contributed by atoms with Crippen molar-refractivity contribution in [2.24, 2.45) is 0 Å². The van der Waals surface area contributed by atoms with Gasteiger partial charge in [0.1, 0.15) is 11.5 Å². The Balaban J connectivity index is 2.59. The fourth-order valence-corrected chi connectivity index (χ4v) is 2.59. The van der Waals surface area contributed by atoms with Crippen LogP contribution < -0.4 is 0 Å². The van der Waals surface area contributed by atoms with E-state index in [1.165, 1.54) is 24.3 Å². The third-order valence-electron chi connectivity index (χ3n) is 3.53. The summed E-state index contributed by atoms with van der Waals surface area (Å²) in [6, 6.07) is 6.48. The minimum atomic E-state index is -1.30. The summed E-state index contributed by atoms with van der Waals surface area (Å²) in [5.41, 5.74) is -0.141. The molecule has 0 saturated heterocycles. The van der Waals surface area contributed by atoms with Crippen LogP contribution in [0, 0.1) is 0 Å². The van der Waals surface area contributed by atoms with Gasteiger partial charge in [0.15, 0.2) is 5.78 Å². The molecular formula is C18H15ClO5. The maximum atomic E-state index is 12.7. The quantitative estimate of drug-likeness (QED) is 0.546. The number of benzene rings is 2. The normalized spacial score (nSPS) is 10.4. The Labute approximate surface area is 143 Å². The summed E-state index contributed by atoms with van der Waals surface area (Å²) in [5.74, 6) is -2.62. The largest absolute Gasteiger partial charge is 0.508 e. The van der Waals surface area contributed by atoms with Crippen LogP contribution in [0.15, 0.2) is 43.0 Å². The van der Waals surface area contributed by atoms with Gasteiger partial charge in [-0.25, -0.2) is 4.79 Å². The number of aromatic hydroxyl groups is 2. The number of aryl methyl sites for hydroxylation is 1. The highest BCUT2D eigenvalue weighted by Gasteiger charge is 2.24. The second-order valence-corrected chi connectivity index (χ2v) is 5.53. The van der Waals surface area contributed by atoms with Gasteiger partial charge in [-0.1, -0.05) is 23.7 Å². The third-order valence-corrected chi connectivity index (χ3v) is 3.85. The number of carboxylic acids is 1. The molecule has 3 N–H and O–H groups in total. The van der Waals surface area contributed by atoms with Crippen molar-refractivity contribution in [2.75, 3.05) is 0 Å². The van der Waals surface area contributed by atoms with Crippen molar-refractivity contribution >= 4 is 23.4 Å². The lowest BCUT2D eigenvalue weighted by Crippen LogP contribution is -2.11. The number of phenols is 2. The summed E-state index contributed by atoms with van der Waals surface area (Å²) in [4.78, 5) is 24.1. The molecule has 0 aliphatic rings. The molecule has 0 radical (unpaired) electrons. The molecule has 2 rings (SSSR count). The average Bonchev–Trinajstić information content (AvgIpc) is 2.53. The monoisotopic (exact) mass is 346 g/mol. The second-order valence-electron chi connectivity index (χ2n) is 5.12. The van der Waals surface area contributed by atoms with Crippen molar-refractivity contribution in [1.82, 2.24) is 0 Å². The number of carboxylic acid groups (broad SMARTS) is 1. The smallest absolute Gasteiger partial charge is 0.336 e. The standard InChI is InChI=1S/C18H15ClO5/c1-2-3-5-10-8-12(15(21)9-14(10)20)17(22)16-11(18(23)24)6-4-7-13(16)19/h2,4,6-9,20-21H,1,3,5H2,(H,23,24). The van der Waals surface area contributed by atoms with E-state index in [2.05, 4.69) is 6.58 Å². The SMILES string of the molecule is C=CCCc1cc(C(=O)c2c(Cl)cccc2C(=O)O)c(O)cc1O. The molecule has 0 amide bonds. The van der Waals surface area contributed by atoms with E-state index in [0.717, 1.165) is 6.07 Å². The molecule has 2 aromatic rings. The van der Waals surface area contributed by atoms with Crippen LogP contribution in [0.4, 0.5) is 0 Å². The van der Waals surface area contributed by atoms with Crippen LogP contribution in [-0.4, -0.2) is 27.1 Å². The number of hydrogen-bond donors (Lipinski definition) is 3. The van der Waals surface area contributed by atoms with E-state index in [4.69, 9.17) is 11.6 Å². The van der Waals surface area contributed by atoms with Crippen molar-refractivity contribution in [3.05, 3.63) is 70.3 Å². The van der Waals surface area contributed by atoms with Crippen molar-refractivity contribution in [3.8, 4) is 11.5 Å². The topological polar surface area (TPSA) is 94.8 Å². The van der Waals surface area contributed by atoms with Gasteiger partial charge < -0.3 is 15.3 Å². The molecule has 24 heavy (non-hydrogen) atoms. The molecular weight excluding hydrogens is 332 g/mol. The van der Waals surface area contributed by atoms with E-state index in [-0.39, 0.29) is 27.5 Å². The number of aromatic carboxylic acids is 1. The average molecular weight is 347 g/mol.